The first kappa shape index (κ1) is 10.0. The highest BCUT2D eigenvalue weighted by Gasteiger charge is 2.15. The topological polar surface area (TPSA) is 23.3 Å². The normalized spacial score (nSPS) is 23.4. The van der Waals surface area contributed by atoms with E-state index < -0.39 is 0 Å². The molecular formula is C14H18NO-. The number of nitrogens with zero attached hydrogens (tertiary/aromatic N) is 1. The summed E-state index contributed by atoms with van der Waals surface area (Å²) < 4.78 is 5.67. The van der Waals surface area contributed by atoms with Crippen molar-refractivity contribution >= 4 is 5.69 Å². The lowest BCUT2D eigenvalue weighted by Gasteiger charge is -2.31. The lowest BCUT2D eigenvalue weighted by molar-refractivity contribution is 0.327. The average molecular weight is 216 g/mol. The van der Waals surface area contributed by atoms with E-state index in [1.165, 1.54) is 36.8 Å². The van der Waals surface area contributed by atoms with Gasteiger partial charge in [0.2, 0.25) is 0 Å². The Hall–Kier alpha value is -1.18. The highest BCUT2D eigenvalue weighted by atomic mass is 16.5. The first-order valence-electron chi connectivity index (χ1n) is 6.29. The van der Waals surface area contributed by atoms with Crippen LogP contribution in [0.4, 0.5) is 5.69 Å². The minimum Gasteiger partial charge on any atom is -0.679 e. The smallest absolute Gasteiger partial charge is 0.104 e. The Balaban J connectivity index is 2.01. The quantitative estimate of drug-likeness (QED) is 0.608. The molecule has 1 unspecified atom stereocenters. The molecule has 1 aliphatic carbocycles. The summed E-state index contributed by atoms with van der Waals surface area (Å²) in [5, 5.41) is 4.53. The Kier molecular flexibility index (Phi) is 2.50. The molecule has 2 heteroatoms. The zero-order valence-corrected chi connectivity index (χ0v) is 9.83. The van der Waals surface area contributed by atoms with Gasteiger partial charge in [0, 0.05) is 0 Å². The minimum atomic E-state index is 0.737. The molecule has 1 atom stereocenters. The second kappa shape index (κ2) is 4.00. The van der Waals surface area contributed by atoms with Crippen molar-refractivity contribution in [2.75, 3.05) is 13.2 Å². The number of rotatable bonds is 0. The van der Waals surface area contributed by atoms with E-state index in [-0.39, 0.29) is 0 Å². The molecule has 16 heavy (non-hydrogen) atoms. The van der Waals surface area contributed by atoms with Gasteiger partial charge in [-0.2, -0.15) is 0 Å². The summed E-state index contributed by atoms with van der Waals surface area (Å²) >= 11 is 0. The van der Waals surface area contributed by atoms with Crippen LogP contribution in [0.1, 0.15) is 30.9 Å². The minimum absolute atomic E-state index is 0.737. The molecule has 2 aliphatic rings. The van der Waals surface area contributed by atoms with Crippen LogP contribution in [0.2, 0.25) is 0 Å². The molecule has 1 heterocycles. The second-order valence-corrected chi connectivity index (χ2v) is 5.02. The lowest BCUT2D eigenvalue weighted by atomic mass is 9.97. The third kappa shape index (κ3) is 1.77. The van der Waals surface area contributed by atoms with Crippen molar-refractivity contribution in [1.29, 1.82) is 0 Å². The summed E-state index contributed by atoms with van der Waals surface area (Å²) in [6.07, 6.45) is 5.07. The molecule has 0 spiro atoms. The van der Waals surface area contributed by atoms with Crippen molar-refractivity contribution in [1.82, 2.24) is 0 Å². The molecule has 0 bridgehead atoms. The number of aryl methyl sites for hydroxylation is 1. The maximum atomic E-state index is 5.67. The van der Waals surface area contributed by atoms with Gasteiger partial charge in [-0.3, -0.25) is 0 Å². The van der Waals surface area contributed by atoms with E-state index in [0.29, 0.717) is 0 Å². The van der Waals surface area contributed by atoms with Crippen molar-refractivity contribution in [2.24, 2.45) is 5.92 Å². The van der Waals surface area contributed by atoms with Crippen LogP contribution < -0.4 is 4.74 Å². The molecule has 0 N–H and O–H groups in total. The Labute approximate surface area is 97.0 Å². The molecule has 3 rings (SSSR count). The van der Waals surface area contributed by atoms with E-state index in [2.05, 4.69) is 24.4 Å². The fourth-order valence-electron chi connectivity index (χ4n) is 2.76. The number of ether oxygens (including phenoxy) is 1. The second-order valence-electron chi connectivity index (χ2n) is 5.02. The molecule has 86 valence electrons. The largest absolute Gasteiger partial charge is 0.679 e. The Morgan fingerprint density at radius 1 is 1.31 bits per heavy atom. The van der Waals surface area contributed by atoms with E-state index in [9.17, 15) is 0 Å². The van der Waals surface area contributed by atoms with Crippen molar-refractivity contribution in [3.63, 3.8) is 0 Å². The maximum absolute atomic E-state index is 5.67. The Morgan fingerprint density at radius 3 is 3.19 bits per heavy atom. The van der Waals surface area contributed by atoms with Crippen molar-refractivity contribution in [3.05, 3.63) is 28.6 Å². The Morgan fingerprint density at radius 2 is 2.25 bits per heavy atom. The van der Waals surface area contributed by atoms with Gasteiger partial charge in [-0.1, -0.05) is 31.6 Å². The summed E-state index contributed by atoms with van der Waals surface area (Å²) in [4.78, 5) is 0. The number of benzene rings is 1. The van der Waals surface area contributed by atoms with Crippen LogP contribution in [0, 0.1) is 5.92 Å². The fourth-order valence-corrected chi connectivity index (χ4v) is 2.76. The van der Waals surface area contributed by atoms with Gasteiger partial charge in [0.1, 0.15) is 5.75 Å². The van der Waals surface area contributed by atoms with Crippen molar-refractivity contribution in [2.45, 2.75) is 32.6 Å². The Bertz CT molecular complexity index is 400. The third-order valence-electron chi connectivity index (χ3n) is 3.62. The molecule has 0 saturated heterocycles. The van der Waals surface area contributed by atoms with Crippen LogP contribution in [-0.2, 0) is 12.8 Å². The molecule has 1 aromatic rings. The van der Waals surface area contributed by atoms with Crippen LogP contribution in [-0.4, -0.2) is 13.2 Å². The van der Waals surface area contributed by atoms with Crippen LogP contribution in [0.25, 0.3) is 5.32 Å². The molecule has 0 radical (unpaired) electrons. The maximum Gasteiger partial charge on any atom is 0.104 e. The van der Waals surface area contributed by atoms with Gasteiger partial charge in [0.15, 0.2) is 0 Å². The summed E-state index contributed by atoms with van der Waals surface area (Å²) in [6.45, 7) is 3.89. The summed E-state index contributed by atoms with van der Waals surface area (Å²) in [7, 11) is 0. The molecular weight excluding hydrogens is 198 g/mol. The van der Waals surface area contributed by atoms with Crippen LogP contribution in [0.15, 0.2) is 12.1 Å². The number of hydrogen-bond donors (Lipinski definition) is 0. The van der Waals surface area contributed by atoms with E-state index in [1.807, 2.05) is 0 Å². The number of fused-ring (bicyclic) bond motifs is 2. The van der Waals surface area contributed by atoms with Crippen LogP contribution >= 0.6 is 0 Å². The molecule has 1 aromatic carbocycles. The van der Waals surface area contributed by atoms with Crippen LogP contribution in [0.3, 0.4) is 0 Å². The monoisotopic (exact) mass is 216 g/mol. The van der Waals surface area contributed by atoms with Crippen LogP contribution in [0.5, 0.6) is 5.75 Å². The van der Waals surface area contributed by atoms with Gasteiger partial charge in [-0.05, 0) is 42.4 Å². The van der Waals surface area contributed by atoms with Gasteiger partial charge in [-0.25, -0.2) is 0 Å². The lowest BCUT2D eigenvalue weighted by Crippen LogP contribution is -2.08. The molecule has 0 fully saturated rings. The van der Waals surface area contributed by atoms with Crippen molar-refractivity contribution < 1.29 is 4.74 Å². The standard InChI is InChI=1S/C14H18NO/c1-10-3-2-4-11-8-13-14(9-12(11)7-10)16-6-5-15-13/h8-10H,2-7H2,1H3/q-1. The molecule has 0 aromatic heterocycles. The first-order valence-corrected chi connectivity index (χ1v) is 6.29. The predicted molar refractivity (Wildman–Crippen MR) is 65.6 cm³/mol. The van der Waals surface area contributed by atoms with Crippen molar-refractivity contribution in [3.8, 4) is 5.75 Å². The SMILES string of the molecule is CC1CCCc2cc3c(cc2C1)OCC[N-]3. The highest BCUT2D eigenvalue weighted by molar-refractivity contribution is 5.64. The molecule has 2 nitrogen and oxygen atoms in total. The summed E-state index contributed by atoms with van der Waals surface area (Å²) in [5.74, 6) is 1.80. The third-order valence-corrected chi connectivity index (χ3v) is 3.62. The molecule has 0 saturated carbocycles. The van der Waals surface area contributed by atoms with Gasteiger partial charge in [-0.15, -0.1) is 0 Å². The van der Waals surface area contributed by atoms with E-state index in [4.69, 9.17) is 4.74 Å². The van der Waals surface area contributed by atoms with Gasteiger partial charge in [0.25, 0.3) is 0 Å². The molecule has 1 aliphatic heterocycles. The summed E-state index contributed by atoms with van der Waals surface area (Å²) in [6, 6.07) is 4.48. The fraction of sp³-hybridized carbons (Fsp3) is 0.571. The predicted octanol–water partition coefficient (Wildman–Crippen LogP) is 3.60. The van der Waals surface area contributed by atoms with Gasteiger partial charge in [0.05, 0.1) is 6.61 Å². The average Bonchev–Trinajstić information content (AvgIpc) is 2.46. The van der Waals surface area contributed by atoms with E-state index in [1.54, 1.807) is 0 Å². The van der Waals surface area contributed by atoms with Gasteiger partial charge >= 0.3 is 0 Å². The molecule has 0 amide bonds. The highest BCUT2D eigenvalue weighted by Crippen LogP contribution is 2.39. The zero-order valence-electron chi connectivity index (χ0n) is 9.83. The summed E-state index contributed by atoms with van der Waals surface area (Å²) in [5.41, 5.74) is 4.05. The van der Waals surface area contributed by atoms with Gasteiger partial charge < -0.3 is 10.1 Å². The first-order chi connectivity index (χ1) is 7.83. The van der Waals surface area contributed by atoms with E-state index >= 15 is 0 Å². The van der Waals surface area contributed by atoms with E-state index in [0.717, 1.165) is 30.5 Å². The zero-order chi connectivity index (χ0) is 11.0. The number of hydrogen-bond acceptors (Lipinski definition) is 1.